The van der Waals surface area contributed by atoms with Gasteiger partial charge in [0.25, 0.3) is 0 Å². The van der Waals surface area contributed by atoms with Crippen molar-refractivity contribution in [3.63, 3.8) is 0 Å². The largest absolute Gasteiger partial charge is 0.347 e. The van der Waals surface area contributed by atoms with Gasteiger partial charge in [-0.25, -0.2) is 9.78 Å². The molecule has 1 fully saturated rings. The maximum atomic E-state index is 11.9. The van der Waals surface area contributed by atoms with Gasteiger partial charge in [-0.1, -0.05) is 0 Å². The van der Waals surface area contributed by atoms with Gasteiger partial charge < -0.3 is 20.1 Å². The third kappa shape index (κ3) is 3.49. The predicted octanol–water partition coefficient (Wildman–Crippen LogP) is 0.419. The Morgan fingerprint density at radius 1 is 1.65 bits per heavy atom. The van der Waals surface area contributed by atoms with Gasteiger partial charge in [-0.3, -0.25) is 4.79 Å². The Morgan fingerprint density at radius 3 is 3.05 bits per heavy atom. The summed E-state index contributed by atoms with van der Waals surface area (Å²) in [5, 5.41) is 2.87. The van der Waals surface area contributed by atoms with E-state index in [-0.39, 0.29) is 17.9 Å². The molecule has 1 aromatic heterocycles. The van der Waals surface area contributed by atoms with Gasteiger partial charge in [0, 0.05) is 51.4 Å². The molecule has 0 bridgehead atoms. The van der Waals surface area contributed by atoms with Crippen LogP contribution in [0.5, 0.6) is 0 Å². The van der Waals surface area contributed by atoms with Crippen LogP contribution in [-0.2, 0) is 11.3 Å². The normalized spacial score (nSPS) is 18.4. The second-order valence-corrected chi connectivity index (χ2v) is 5.08. The fourth-order valence-electron chi connectivity index (χ4n) is 2.34. The lowest BCUT2D eigenvalue weighted by molar-refractivity contribution is -0.127. The van der Waals surface area contributed by atoms with E-state index in [4.69, 9.17) is 0 Å². The number of aromatic amines is 1. The number of imidazole rings is 1. The van der Waals surface area contributed by atoms with Gasteiger partial charge in [-0.05, 0) is 6.92 Å². The first-order valence-corrected chi connectivity index (χ1v) is 6.85. The fourth-order valence-corrected chi connectivity index (χ4v) is 2.34. The number of nitrogens with zero attached hydrogens (tertiary/aromatic N) is 3. The van der Waals surface area contributed by atoms with E-state index in [0.717, 1.165) is 18.9 Å². The molecule has 2 N–H and O–H groups in total. The highest BCUT2D eigenvalue weighted by Crippen LogP contribution is 2.16. The van der Waals surface area contributed by atoms with Crippen LogP contribution >= 0.6 is 0 Å². The van der Waals surface area contributed by atoms with E-state index >= 15 is 0 Å². The van der Waals surface area contributed by atoms with Gasteiger partial charge in [0.1, 0.15) is 5.82 Å². The zero-order valence-corrected chi connectivity index (χ0v) is 11.9. The van der Waals surface area contributed by atoms with Crippen LogP contribution in [0.1, 0.15) is 19.2 Å². The summed E-state index contributed by atoms with van der Waals surface area (Å²) in [5.41, 5.74) is 0. The van der Waals surface area contributed by atoms with Crippen molar-refractivity contribution in [3.05, 3.63) is 18.2 Å². The number of likely N-dealkylation sites (tertiary alicyclic amines) is 1. The summed E-state index contributed by atoms with van der Waals surface area (Å²) in [4.78, 5) is 33.9. The van der Waals surface area contributed by atoms with Gasteiger partial charge in [0.05, 0.1) is 6.54 Å². The van der Waals surface area contributed by atoms with Crippen LogP contribution in [0.2, 0.25) is 0 Å². The van der Waals surface area contributed by atoms with Gasteiger partial charge >= 0.3 is 6.03 Å². The first-order valence-electron chi connectivity index (χ1n) is 6.85. The molecule has 1 aromatic rings. The molecule has 110 valence electrons. The Morgan fingerprint density at radius 2 is 2.45 bits per heavy atom. The summed E-state index contributed by atoms with van der Waals surface area (Å²) < 4.78 is 0. The minimum atomic E-state index is -0.149. The summed E-state index contributed by atoms with van der Waals surface area (Å²) in [6, 6.07) is -0.149. The van der Waals surface area contributed by atoms with E-state index in [1.165, 1.54) is 0 Å². The maximum Gasteiger partial charge on any atom is 0.317 e. The van der Waals surface area contributed by atoms with Gasteiger partial charge in [-0.15, -0.1) is 0 Å². The summed E-state index contributed by atoms with van der Waals surface area (Å²) in [6.07, 6.45) is 3.91. The Balaban J connectivity index is 1.74. The van der Waals surface area contributed by atoms with E-state index in [9.17, 15) is 9.59 Å². The number of carbonyl (C=O) groups is 2. The summed E-state index contributed by atoms with van der Waals surface area (Å²) in [5.74, 6) is 1.13. The lowest BCUT2D eigenvalue weighted by Crippen LogP contribution is -2.39. The standard InChI is InChI=1S/C13H21N5O2/c1-3-18-8-10(6-12(18)19)7-16-13(20)17(2)9-11-14-4-5-15-11/h4-5,10H,3,6-9H2,1-2H3,(H,14,15)(H,16,20)/t10-/m0/s1. The number of nitrogens with one attached hydrogen (secondary N) is 2. The molecule has 0 spiro atoms. The molecule has 7 heteroatoms. The van der Waals surface area contributed by atoms with Crippen LogP contribution in [0.3, 0.4) is 0 Å². The molecular formula is C13H21N5O2. The average molecular weight is 279 g/mol. The van der Waals surface area contributed by atoms with Crippen molar-refractivity contribution >= 4 is 11.9 Å². The number of aromatic nitrogens is 2. The van der Waals surface area contributed by atoms with Gasteiger partial charge in [0.2, 0.25) is 5.91 Å². The van der Waals surface area contributed by atoms with Crippen LogP contribution in [0, 0.1) is 5.92 Å². The number of hydrogen-bond donors (Lipinski definition) is 2. The monoisotopic (exact) mass is 279 g/mol. The second-order valence-electron chi connectivity index (χ2n) is 5.08. The van der Waals surface area contributed by atoms with Crippen molar-refractivity contribution < 1.29 is 9.59 Å². The number of urea groups is 1. The Labute approximate surface area is 118 Å². The van der Waals surface area contributed by atoms with Crippen LogP contribution in [0.25, 0.3) is 0 Å². The first kappa shape index (κ1) is 14.4. The van der Waals surface area contributed by atoms with E-state index in [1.54, 1.807) is 24.3 Å². The SMILES string of the molecule is CCN1C[C@H](CNC(=O)N(C)Cc2ncc[nH]2)CC1=O. The number of H-pyrrole nitrogens is 1. The zero-order valence-electron chi connectivity index (χ0n) is 11.9. The lowest BCUT2D eigenvalue weighted by Gasteiger charge is -2.18. The molecule has 0 saturated carbocycles. The van der Waals surface area contributed by atoms with E-state index in [1.807, 2.05) is 11.8 Å². The molecule has 0 aliphatic carbocycles. The minimum Gasteiger partial charge on any atom is -0.347 e. The van der Waals surface area contributed by atoms with Crippen molar-refractivity contribution in [1.82, 2.24) is 25.1 Å². The van der Waals surface area contributed by atoms with Crippen molar-refractivity contribution in [1.29, 1.82) is 0 Å². The third-order valence-electron chi connectivity index (χ3n) is 3.51. The molecule has 1 atom stereocenters. The molecule has 0 unspecified atom stereocenters. The maximum absolute atomic E-state index is 11.9. The number of rotatable bonds is 5. The smallest absolute Gasteiger partial charge is 0.317 e. The van der Waals surface area contributed by atoms with Gasteiger partial charge in [-0.2, -0.15) is 0 Å². The highest BCUT2D eigenvalue weighted by atomic mass is 16.2. The predicted molar refractivity (Wildman–Crippen MR) is 73.8 cm³/mol. The van der Waals surface area contributed by atoms with Gasteiger partial charge in [0.15, 0.2) is 0 Å². The van der Waals surface area contributed by atoms with Crippen molar-refractivity contribution in [3.8, 4) is 0 Å². The minimum absolute atomic E-state index is 0.149. The molecule has 7 nitrogen and oxygen atoms in total. The van der Waals surface area contributed by atoms with Crippen LogP contribution in [0.4, 0.5) is 4.79 Å². The molecule has 2 rings (SSSR count). The highest BCUT2D eigenvalue weighted by molar-refractivity contribution is 5.79. The van der Waals surface area contributed by atoms with Crippen LogP contribution < -0.4 is 5.32 Å². The average Bonchev–Trinajstić information content (AvgIpc) is 3.05. The molecule has 20 heavy (non-hydrogen) atoms. The topological polar surface area (TPSA) is 81.3 Å². The summed E-state index contributed by atoms with van der Waals surface area (Å²) in [6.45, 7) is 4.41. The van der Waals surface area contributed by atoms with E-state index in [2.05, 4.69) is 15.3 Å². The molecule has 1 saturated heterocycles. The number of amides is 3. The quantitative estimate of drug-likeness (QED) is 0.819. The molecule has 0 aromatic carbocycles. The Bertz CT molecular complexity index is 459. The van der Waals surface area contributed by atoms with Crippen molar-refractivity contribution in [2.24, 2.45) is 5.92 Å². The third-order valence-corrected chi connectivity index (χ3v) is 3.51. The zero-order chi connectivity index (χ0) is 14.5. The summed E-state index contributed by atoms with van der Waals surface area (Å²) >= 11 is 0. The molecule has 3 amide bonds. The molecule has 1 aliphatic rings. The van der Waals surface area contributed by atoms with Crippen molar-refractivity contribution in [2.45, 2.75) is 19.9 Å². The van der Waals surface area contributed by atoms with E-state index < -0.39 is 0 Å². The van der Waals surface area contributed by atoms with Crippen LogP contribution in [0.15, 0.2) is 12.4 Å². The lowest BCUT2D eigenvalue weighted by atomic mass is 10.1. The fraction of sp³-hybridized carbons (Fsp3) is 0.615. The number of carbonyl (C=O) groups excluding carboxylic acids is 2. The Kier molecular flexibility index (Phi) is 4.60. The molecule has 1 aliphatic heterocycles. The molecular weight excluding hydrogens is 258 g/mol. The molecule has 2 heterocycles. The molecule has 0 radical (unpaired) electrons. The first-order chi connectivity index (χ1) is 9.60. The van der Waals surface area contributed by atoms with Crippen molar-refractivity contribution in [2.75, 3.05) is 26.7 Å². The Hall–Kier alpha value is -2.05. The van der Waals surface area contributed by atoms with E-state index in [0.29, 0.717) is 19.5 Å². The highest BCUT2D eigenvalue weighted by Gasteiger charge is 2.28. The number of hydrogen-bond acceptors (Lipinski definition) is 3. The summed E-state index contributed by atoms with van der Waals surface area (Å²) in [7, 11) is 1.72. The van der Waals surface area contributed by atoms with Crippen LogP contribution in [-0.4, -0.2) is 58.4 Å². The second kappa shape index (κ2) is 6.40.